The van der Waals surface area contributed by atoms with Crippen LogP contribution < -0.4 is 5.73 Å². The highest BCUT2D eigenvalue weighted by Crippen LogP contribution is 2.33. The fraction of sp³-hybridized carbons (Fsp3) is 0.176. The minimum atomic E-state index is -0.744. The van der Waals surface area contributed by atoms with Crippen molar-refractivity contribution in [3.63, 3.8) is 0 Å². The van der Waals surface area contributed by atoms with Crippen LogP contribution in [0.3, 0.4) is 0 Å². The van der Waals surface area contributed by atoms with Crippen molar-refractivity contribution in [3.8, 4) is 22.7 Å². The van der Waals surface area contributed by atoms with E-state index in [1.165, 1.54) is 12.1 Å². The van der Waals surface area contributed by atoms with Crippen molar-refractivity contribution in [1.82, 2.24) is 9.72 Å². The Balaban J connectivity index is 2.39. The summed E-state index contributed by atoms with van der Waals surface area (Å²) in [4.78, 5) is 0. The lowest BCUT2D eigenvalue weighted by atomic mass is 10.1. The number of phenols is 1. The summed E-state index contributed by atoms with van der Waals surface area (Å²) in [5, 5.41) is 25.6. The molecule has 0 saturated carbocycles. The monoisotopic (exact) mass is 344 g/mol. The van der Waals surface area contributed by atoms with E-state index in [1.807, 2.05) is 0 Å². The first-order chi connectivity index (χ1) is 11.8. The van der Waals surface area contributed by atoms with E-state index < -0.39 is 11.6 Å². The molecule has 0 aliphatic heterocycles. The van der Waals surface area contributed by atoms with E-state index in [-0.39, 0.29) is 5.84 Å². The molecule has 25 heavy (non-hydrogen) atoms. The molecule has 0 atom stereocenters. The number of halogens is 1. The SMILES string of the molecule is Cc1cc(-c2ccc(O)c(F)c2)n(-c2c(C)noc2C)c1C(N)=NO. The van der Waals surface area contributed by atoms with Crippen LogP contribution in [0.1, 0.15) is 22.7 Å². The maximum Gasteiger partial charge on any atom is 0.187 e. The van der Waals surface area contributed by atoms with Crippen molar-refractivity contribution in [1.29, 1.82) is 0 Å². The second-order valence-corrected chi connectivity index (χ2v) is 5.72. The number of aromatic nitrogens is 2. The number of hydrogen-bond acceptors (Lipinski definition) is 5. The van der Waals surface area contributed by atoms with Gasteiger partial charge in [-0.3, -0.25) is 0 Å². The molecule has 3 rings (SSSR count). The number of benzene rings is 1. The molecule has 0 unspecified atom stereocenters. The number of oxime groups is 1. The fourth-order valence-electron chi connectivity index (χ4n) is 2.91. The highest BCUT2D eigenvalue weighted by atomic mass is 19.1. The summed E-state index contributed by atoms with van der Waals surface area (Å²) in [6, 6.07) is 5.85. The van der Waals surface area contributed by atoms with Gasteiger partial charge in [-0.15, -0.1) is 0 Å². The van der Waals surface area contributed by atoms with E-state index >= 15 is 0 Å². The van der Waals surface area contributed by atoms with Crippen LogP contribution in [-0.2, 0) is 0 Å². The predicted molar refractivity (Wildman–Crippen MR) is 89.6 cm³/mol. The van der Waals surface area contributed by atoms with Crippen molar-refractivity contribution < 1.29 is 19.2 Å². The number of hydrogen-bond donors (Lipinski definition) is 3. The van der Waals surface area contributed by atoms with Gasteiger partial charge in [0.05, 0.1) is 11.4 Å². The Morgan fingerprint density at radius 2 is 2.00 bits per heavy atom. The van der Waals surface area contributed by atoms with Gasteiger partial charge in [0.2, 0.25) is 0 Å². The second kappa shape index (κ2) is 5.97. The molecule has 0 spiro atoms. The van der Waals surface area contributed by atoms with Crippen LogP contribution in [0.15, 0.2) is 33.9 Å². The standard InChI is InChI=1S/C17H17FN4O3/c1-8-6-13(11-4-5-14(23)12(18)7-11)22(15(8)17(19)20-24)16-9(2)21-25-10(16)3/h4-7,23-24H,1-3H3,(H2,19,20). The molecule has 0 fully saturated rings. The van der Waals surface area contributed by atoms with Gasteiger partial charge in [-0.2, -0.15) is 0 Å². The fourth-order valence-corrected chi connectivity index (χ4v) is 2.91. The van der Waals surface area contributed by atoms with Crippen molar-refractivity contribution >= 4 is 5.84 Å². The number of nitrogens with zero attached hydrogens (tertiary/aromatic N) is 3. The first kappa shape index (κ1) is 16.6. The van der Waals surface area contributed by atoms with Gasteiger partial charge in [0.25, 0.3) is 0 Å². The van der Waals surface area contributed by atoms with Crippen LogP contribution in [0.2, 0.25) is 0 Å². The number of aryl methyl sites for hydroxylation is 3. The molecule has 8 heteroatoms. The zero-order valence-electron chi connectivity index (χ0n) is 13.9. The molecule has 130 valence electrons. The molecule has 0 aliphatic rings. The lowest BCUT2D eigenvalue weighted by molar-refractivity contribution is 0.318. The largest absolute Gasteiger partial charge is 0.505 e. The van der Waals surface area contributed by atoms with Gasteiger partial charge in [-0.1, -0.05) is 10.3 Å². The first-order valence-electron chi connectivity index (χ1n) is 7.47. The predicted octanol–water partition coefficient (Wildman–Crippen LogP) is 3.00. The normalized spacial score (nSPS) is 11.9. The zero-order valence-corrected chi connectivity index (χ0v) is 13.9. The molecule has 2 aromatic heterocycles. The van der Waals surface area contributed by atoms with Crippen LogP contribution in [0.4, 0.5) is 4.39 Å². The quantitative estimate of drug-likeness (QED) is 0.293. The minimum Gasteiger partial charge on any atom is -0.505 e. The molecular weight excluding hydrogens is 327 g/mol. The third-order valence-electron chi connectivity index (χ3n) is 4.00. The smallest absolute Gasteiger partial charge is 0.187 e. The average molecular weight is 344 g/mol. The van der Waals surface area contributed by atoms with Crippen LogP contribution >= 0.6 is 0 Å². The second-order valence-electron chi connectivity index (χ2n) is 5.72. The molecule has 0 amide bonds. The minimum absolute atomic E-state index is 0.0944. The van der Waals surface area contributed by atoms with E-state index in [0.717, 1.165) is 5.56 Å². The van der Waals surface area contributed by atoms with Crippen molar-refractivity contribution in [2.24, 2.45) is 10.9 Å². The van der Waals surface area contributed by atoms with Crippen molar-refractivity contribution in [2.45, 2.75) is 20.8 Å². The van der Waals surface area contributed by atoms with Gasteiger partial charge in [0.15, 0.2) is 23.2 Å². The Hall–Kier alpha value is -3.29. The molecule has 0 saturated heterocycles. The van der Waals surface area contributed by atoms with E-state index in [4.69, 9.17) is 15.5 Å². The summed E-state index contributed by atoms with van der Waals surface area (Å²) in [6.45, 7) is 5.29. The summed E-state index contributed by atoms with van der Waals surface area (Å²) >= 11 is 0. The van der Waals surface area contributed by atoms with Gasteiger partial charge in [0.1, 0.15) is 11.4 Å². The van der Waals surface area contributed by atoms with Gasteiger partial charge in [-0.25, -0.2) is 4.39 Å². The Morgan fingerprint density at radius 1 is 1.28 bits per heavy atom. The summed E-state index contributed by atoms with van der Waals surface area (Å²) < 4.78 is 20.8. The first-order valence-corrected chi connectivity index (χ1v) is 7.47. The van der Waals surface area contributed by atoms with E-state index in [2.05, 4.69) is 10.3 Å². The maximum atomic E-state index is 13.9. The topological polar surface area (TPSA) is 110 Å². The van der Waals surface area contributed by atoms with Gasteiger partial charge in [-0.05, 0) is 50.6 Å². The highest BCUT2D eigenvalue weighted by molar-refractivity contribution is 5.99. The molecule has 2 heterocycles. The summed E-state index contributed by atoms with van der Waals surface area (Å²) in [5.41, 5.74) is 9.35. The van der Waals surface area contributed by atoms with Crippen LogP contribution in [0.5, 0.6) is 5.75 Å². The van der Waals surface area contributed by atoms with Gasteiger partial charge >= 0.3 is 0 Å². The van der Waals surface area contributed by atoms with Gasteiger partial charge in [0, 0.05) is 5.56 Å². The van der Waals surface area contributed by atoms with Crippen LogP contribution in [0, 0.1) is 26.6 Å². The number of phenolic OH excluding ortho intramolecular Hbond substituents is 1. The number of rotatable bonds is 3. The summed E-state index contributed by atoms with van der Waals surface area (Å²) in [6.07, 6.45) is 0. The Kier molecular flexibility index (Phi) is 3.96. The third kappa shape index (κ3) is 2.61. The Labute approximate surface area is 142 Å². The molecule has 7 nitrogen and oxygen atoms in total. The zero-order chi connectivity index (χ0) is 18.3. The molecule has 1 aromatic carbocycles. The molecule has 0 aliphatic carbocycles. The molecule has 0 bridgehead atoms. The number of amidine groups is 1. The number of aromatic hydroxyl groups is 1. The van der Waals surface area contributed by atoms with Crippen LogP contribution in [0.25, 0.3) is 16.9 Å². The Morgan fingerprint density at radius 3 is 2.56 bits per heavy atom. The van der Waals surface area contributed by atoms with E-state index in [0.29, 0.717) is 34.1 Å². The molecular formula is C17H17FN4O3. The van der Waals surface area contributed by atoms with Crippen molar-refractivity contribution in [3.05, 3.63) is 52.8 Å². The highest BCUT2D eigenvalue weighted by Gasteiger charge is 2.23. The average Bonchev–Trinajstić information content (AvgIpc) is 3.08. The molecule has 4 N–H and O–H groups in total. The third-order valence-corrected chi connectivity index (χ3v) is 4.00. The lowest BCUT2D eigenvalue weighted by Crippen LogP contribution is -2.19. The molecule has 3 aromatic rings. The lowest BCUT2D eigenvalue weighted by Gasteiger charge is -2.13. The summed E-state index contributed by atoms with van der Waals surface area (Å²) in [5.74, 6) is -0.747. The number of nitrogens with two attached hydrogens (primary N) is 1. The maximum absolute atomic E-state index is 13.9. The summed E-state index contributed by atoms with van der Waals surface area (Å²) in [7, 11) is 0. The van der Waals surface area contributed by atoms with Crippen molar-refractivity contribution in [2.75, 3.05) is 0 Å². The van der Waals surface area contributed by atoms with Crippen LogP contribution in [-0.4, -0.2) is 25.9 Å². The Bertz CT molecular complexity index is 969. The molecule has 0 radical (unpaired) electrons. The van der Waals surface area contributed by atoms with Gasteiger partial charge < -0.3 is 25.1 Å². The van der Waals surface area contributed by atoms with E-state index in [9.17, 15) is 9.50 Å². The van der Waals surface area contributed by atoms with E-state index in [1.54, 1.807) is 37.5 Å².